The molecule has 0 N–H and O–H groups in total. The topological polar surface area (TPSA) is 29.5 Å². The van der Waals surface area contributed by atoms with E-state index in [9.17, 15) is 4.79 Å². The molecule has 0 bridgehead atoms. The first-order chi connectivity index (χ1) is 12.3. The molecule has 2 aromatic carbocycles. The highest BCUT2D eigenvalue weighted by molar-refractivity contribution is 8.00. The van der Waals surface area contributed by atoms with Crippen LogP contribution in [0.4, 0.5) is 0 Å². The van der Waals surface area contributed by atoms with Gasteiger partial charge >= 0.3 is 0 Å². The van der Waals surface area contributed by atoms with E-state index in [0.29, 0.717) is 13.2 Å². The summed E-state index contributed by atoms with van der Waals surface area (Å²) >= 11 is 1.63. The SMILES string of the molecule is CCOC1CCCN(C(=O)C(Sc2ccccc2)c2ccccc2)C1. The molecule has 2 atom stereocenters. The number of ether oxygens (including phenoxy) is 1. The largest absolute Gasteiger partial charge is 0.377 e. The van der Waals surface area contributed by atoms with Crippen molar-refractivity contribution in [2.45, 2.75) is 36.0 Å². The summed E-state index contributed by atoms with van der Waals surface area (Å²) < 4.78 is 5.77. The van der Waals surface area contributed by atoms with Gasteiger partial charge in [-0.3, -0.25) is 4.79 Å². The van der Waals surface area contributed by atoms with Crippen molar-refractivity contribution in [1.82, 2.24) is 4.90 Å². The summed E-state index contributed by atoms with van der Waals surface area (Å²) in [4.78, 5) is 16.4. The Hall–Kier alpha value is -1.78. The predicted molar refractivity (Wildman–Crippen MR) is 103 cm³/mol. The van der Waals surface area contributed by atoms with Crippen molar-refractivity contribution in [2.24, 2.45) is 0 Å². The molecule has 132 valence electrons. The zero-order valence-electron chi connectivity index (χ0n) is 14.6. The fourth-order valence-electron chi connectivity index (χ4n) is 3.20. The van der Waals surface area contributed by atoms with Gasteiger partial charge in [-0.25, -0.2) is 0 Å². The van der Waals surface area contributed by atoms with Gasteiger partial charge in [0.25, 0.3) is 0 Å². The van der Waals surface area contributed by atoms with Crippen LogP contribution in [0.25, 0.3) is 0 Å². The lowest BCUT2D eigenvalue weighted by Gasteiger charge is -2.34. The molecule has 1 amide bonds. The molecule has 4 heteroatoms. The number of nitrogens with zero attached hydrogens (tertiary/aromatic N) is 1. The molecular formula is C21H25NO2S. The van der Waals surface area contributed by atoms with Crippen molar-refractivity contribution in [3.8, 4) is 0 Å². The Kier molecular flexibility index (Phi) is 6.54. The van der Waals surface area contributed by atoms with Crippen LogP contribution in [0.5, 0.6) is 0 Å². The molecule has 2 unspecified atom stereocenters. The van der Waals surface area contributed by atoms with Gasteiger partial charge in [0.05, 0.1) is 6.10 Å². The number of benzene rings is 2. The van der Waals surface area contributed by atoms with Gasteiger partial charge in [-0.2, -0.15) is 0 Å². The van der Waals surface area contributed by atoms with Crippen LogP contribution in [0.1, 0.15) is 30.6 Å². The van der Waals surface area contributed by atoms with E-state index >= 15 is 0 Å². The highest BCUT2D eigenvalue weighted by Gasteiger charge is 2.30. The van der Waals surface area contributed by atoms with Crippen LogP contribution in [-0.4, -0.2) is 36.6 Å². The van der Waals surface area contributed by atoms with Crippen LogP contribution in [0.2, 0.25) is 0 Å². The summed E-state index contributed by atoms with van der Waals surface area (Å²) in [5.41, 5.74) is 1.06. The van der Waals surface area contributed by atoms with Gasteiger partial charge in [0.2, 0.25) is 5.91 Å². The van der Waals surface area contributed by atoms with Crippen LogP contribution >= 0.6 is 11.8 Å². The summed E-state index contributed by atoms with van der Waals surface area (Å²) in [6.45, 7) is 4.23. The molecular weight excluding hydrogens is 330 g/mol. The number of piperidine rings is 1. The summed E-state index contributed by atoms with van der Waals surface area (Å²) in [7, 11) is 0. The minimum absolute atomic E-state index is 0.167. The molecule has 0 aromatic heterocycles. The number of carbonyl (C=O) groups excluding carboxylic acids is 1. The van der Waals surface area contributed by atoms with Gasteiger partial charge in [0, 0.05) is 24.6 Å². The quantitative estimate of drug-likeness (QED) is 0.712. The molecule has 0 saturated carbocycles. The van der Waals surface area contributed by atoms with E-state index in [0.717, 1.165) is 29.8 Å². The highest BCUT2D eigenvalue weighted by Crippen LogP contribution is 2.37. The van der Waals surface area contributed by atoms with Crippen LogP contribution < -0.4 is 0 Å². The zero-order chi connectivity index (χ0) is 17.5. The number of amides is 1. The maximum Gasteiger partial charge on any atom is 0.240 e. The Morgan fingerprint density at radius 1 is 1.16 bits per heavy atom. The van der Waals surface area contributed by atoms with Crippen LogP contribution in [0.3, 0.4) is 0 Å². The van der Waals surface area contributed by atoms with Gasteiger partial charge in [-0.05, 0) is 37.5 Å². The second kappa shape index (κ2) is 9.07. The normalized spacial score (nSPS) is 18.8. The number of thioether (sulfide) groups is 1. The lowest BCUT2D eigenvalue weighted by Crippen LogP contribution is -2.44. The fraction of sp³-hybridized carbons (Fsp3) is 0.381. The fourth-order valence-corrected chi connectivity index (χ4v) is 4.33. The lowest BCUT2D eigenvalue weighted by atomic mass is 10.1. The minimum atomic E-state index is -0.219. The van der Waals surface area contributed by atoms with E-state index in [4.69, 9.17) is 4.74 Å². The molecule has 3 rings (SSSR count). The Morgan fingerprint density at radius 3 is 2.52 bits per heavy atom. The first kappa shape index (κ1) is 18.0. The molecule has 1 saturated heterocycles. The third kappa shape index (κ3) is 4.86. The smallest absolute Gasteiger partial charge is 0.240 e. The van der Waals surface area contributed by atoms with Crippen molar-refractivity contribution in [2.75, 3.05) is 19.7 Å². The molecule has 1 aliphatic rings. The van der Waals surface area contributed by atoms with E-state index in [1.165, 1.54) is 0 Å². The van der Waals surface area contributed by atoms with Crippen LogP contribution in [-0.2, 0) is 9.53 Å². The number of likely N-dealkylation sites (tertiary alicyclic amines) is 1. The van der Waals surface area contributed by atoms with Crippen molar-refractivity contribution in [3.05, 3.63) is 66.2 Å². The van der Waals surface area contributed by atoms with Crippen molar-refractivity contribution in [1.29, 1.82) is 0 Å². The van der Waals surface area contributed by atoms with Crippen LogP contribution in [0, 0.1) is 0 Å². The van der Waals surface area contributed by atoms with E-state index in [1.807, 2.05) is 60.4 Å². The Labute approximate surface area is 154 Å². The van der Waals surface area contributed by atoms with E-state index in [1.54, 1.807) is 11.8 Å². The van der Waals surface area contributed by atoms with E-state index in [2.05, 4.69) is 12.1 Å². The predicted octanol–water partition coefficient (Wildman–Crippen LogP) is 4.55. The van der Waals surface area contributed by atoms with Gasteiger partial charge in [0.15, 0.2) is 0 Å². The number of hydrogen-bond acceptors (Lipinski definition) is 3. The Balaban J connectivity index is 1.79. The van der Waals surface area contributed by atoms with Crippen molar-refractivity contribution < 1.29 is 9.53 Å². The Bertz CT molecular complexity index is 660. The first-order valence-electron chi connectivity index (χ1n) is 8.95. The van der Waals surface area contributed by atoms with Gasteiger partial charge in [-0.15, -0.1) is 11.8 Å². The molecule has 0 radical (unpaired) electrons. The van der Waals surface area contributed by atoms with Gasteiger partial charge in [-0.1, -0.05) is 48.5 Å². The first-order valence-corrected chi connectivity index (χ1v) is 9.83. The molecule has 0 spiro atoms. The standard InChI is InChI=1S/C21H25NO2S/c1-2-24-18-12-9-15-22(16-18)21(23)20(17-10-5-3-6-11-17)25-19-13-7-4-8-14-19/h3-8,10-11,13-14,18,20H,2,9,12,15-16H2,1H3. The maximum atomic E-state index is 13.3. The molecule has 1 heterocycles. The van der Waals surface area contributed by atoms with Gasteiger partial charge < -0.3 is 9.64 Å². The van der Waals surface area contributed by atoms with Crippen LogP contribution in [0.15, 0.2) is 65.6 Å². The number of carbonyl (C=O) groups is 1. The molecule has 3 nitrogen and oxygen atoms in total. The summed E-state index contributed by atoms with van der Waals surface area (Å²) in [5, 5.41) is -0.219. The minimum Gasteiger partial charge on any atom is -0.377 e. The zero-order valence-corrected chi connectivity index (χ0v) is 15.5. The van der Waals surface area contributed by atoms with E-state index < -0.39 is 0 Å². The maximum absolute atomic E-state index is 13.3. The average Bonchev–Trinajstić information content (AvgIpc) is 2.68. The van der Waals surface area contributed by atoms with Gasteiger partial charge in [0.1, 0.15) is 5.25 Å². The third-order valence-corrected chi connectivity index (χ3v) is 5.67. The Morgan fingerprint density at radius 2 is 1.84 bits per heavy atom. The number of rotatable bonds is 6. The molecule has 25 heavy (non-hydrogen) atoms. The monoisotopic (exact) mass is 355 g/mol. The third-order valence-electron chi connectivity index (χ3n) is 4.42. The van der Waals surface area contributed by atoms with Crippen molar-refractivity contribution >= 4 is 17.7 Å². The summed E-state index contributed by atoms with van der Waals surface area (Å²) in [5.74, 6) is 0.185. The molecule has 0 aliphatic carbocycles. The molecule has 1 aliphatic heterocycles. The second-order valence-electron chi connectivity index (χ2n) is 6.23. The molecule has 2 aromatic rings. The second-order valence-corrected chi connectivity index (χ2v) is 7.40. The van der Waals surface area contributed by atoms with E-state index in [-0.39, 0.29) is 17.3 Å². The summed E-state index contributed by atoms with van der Waals surface area (Å²) in [6, 6.07) is 20.2. The molecule has 1 fully saturated rings. The summed E-state index contributed by atoms with van der Waals surface area (Å²) in [6.07, 6.45) is 2.22. The lowest BCUT2D eigenvalue weighted by molar-refractivity contribution is -0.134. The highest BCUT2D eigenvalue weighted by atomic mass is 32.2. The van der Waals surface area contributed by atoms with Crippen molar-refractivity contribution in [3.63, 3.8) is 0 Å². The number of hydrogen-bond donors (Lipinski definition) is 0. The average molecular weight is 356 g/mol.